The van der Waals surface area contributed by atoms with Gasteiger partial charge in [0.25, 0.3) is 0 Å². The summed E-state index contributed by atoms with van der Waals surface area (Å²) in [5.74, 6) is 0.222. The van der Waals surface area contributed by atoms with Gasteiger partial charge in [-0.15, -0.1) is 0 Å². The minimum atomic E-state index is -0.438. The molecular formula is C20H17BrClNO3. The highest BCUT2D eigenvalue weighted by Crippen LogP contribution is 2.29. The number of aryl methyl sites for hydroxylation is 1. The van der Waals surface area contributed by atoms with E-state index in [1.54, 1.807) is 13.0 Å². The molecule has 0 aliphatic heterocycles. The Balaban J connectivity index is 1.77. The van der Waals surface area contributed by atoms with Gasteiger partial charge in [0.05, 0.1) is 12.1 Å². The van der Waals surface area contributed by atoms with Crippen LogP contribution in [0.15, 0.2) is 57.5 Å². The predicted octanol–water partition coefficient (Wildman–Crippen LogP) is 5.91. The summed E-state index contributed by atoms with van der Waals surface area (Å²) in [6.45, 7) is 3.61. The van der Waals surface area contributed by atoms with Crippen molar-refractivity contribution in [2.45, 2.75) is 26.4 Å². The van der Waals surface area contributed by atoms with Crippen LogP contribution < -0.4 is 0 Å². The quantitative estimate of drug-likeness (QED) is 0.468. The molecule has 1 heterocycles. The van der Waals surface area contributed by atoms with Gasteiger partial charge in [-0.3, -0.25) is 4.79 Å². The molecule has 1 atom stereocenters. The molecule has 0 spiro atoms. The minimum absolute atomic E-state index is 0.0789. The summed E-state index contributed by atoms with van der Waals surface area (Å²) in [7, 11) is 0. The molecule has 4 nitrogen and oxygen atoms in total. The van der Waals surface area contributed by atoms with E-state index in [4.69, 9.17) is 20.9 Å². The SMILES string of the molecule is Cc1noc(-c2ccc(Br)cc2)c1CC(=O)O[C@@H](C)c1ccccc1Cl. The number of hydrogen-bond acceptors (Lipinski definition) is 4. The van der Waals surface area contributed by atoms with Crippen LogP contribution in [-0.2, 0) is 16.0 Å². The molecule has 3 aromatic rings. The molecule has 0 saturated carbocycles. The van der Waals surface area contributed by atoms with Crippen molar-refractivity contribution in [1.82, 2.24) is 5.16 Å². The molecule has 0 aliphatic rings. The molecule has 2 aromatic carbocycles. The molecule has 6 heteroatoms. The summed E-state index contributed by atoms with van der Waals surface area (Å²) in [5.41, 5.74) is 3.03. The van der Waals surface area contributed by atoms with Crippen LogP contribution in [0.25, 0.3) is 11.3 Å². The summed E-state index contributed by atoms with van der Waals surface area (Å²) in [6, 6.07) is 15.0. The van der Waals surface area contributed by atoms with E-state index in [1.165, 1.54) is 0 Å². The molecule has 0 aliphatic carbocycles. The lowest BCUT2D eigenvalue weighted by Gasteiger charge is -2.15. The van der Waals surface area contributed by atoms with Gasteiger partial charge in [-0.1, -0.05) is 63.0 Å². The highest BCUT2D eigenvalue weighted by atomic mass is 79.9. The van der Waals surface area contributed by atoms with Crippen LogP contribution >= 0.6 is 27.5 Å². The third kappa shape index (κ3) is 4.17. The Labute approximate surface area is 165 Å². The number of carbonyl (C=O) groups is 1. The normalized spacial score (nSPS) is 12.0. The molecule has 0 radical (unpaired) electrons. The zero-order chi connectivity index (χ0) is 18.7. The van der Waals surface area contributed by atoms with E-state index in [1.807, 2.05) is 49.4 Å². The van der Waals surface area contributed by atoms with Crippen molar-refractivity contribution in [3.63, 3.8) is 0 Å². The Morgan fingerprint density at radius 2 is 1.92 bits per heavy atom. The van der Waals surface area contributed by atoms with Crippen LogP contribution in [-0.4, -0.2) is 11.1 Å². The molecule has 0 saturated heterocycles. The molecule has 0 N–H and O–H groups in total. The first-order chi connectivity index (χ1) is 12.5. The van der Waals surface area contributed by atoms with Crippen molar-refractivity contribution in [3.8, 4) is 11.3 Å². The van der Waals surface area contributed by atoms with Crippen molar-refractivity contribution in [3.05, 3.63) is 74.8 Å². The number of hydrogen-bond donors (Lipinski definition) is 0. The Kier molecular flexibility index (Phi) is 5.79. The van der Waals surface area contributed by atoms with Gasteiger partial charge in [-0.25, -0.2) is 0 Å². The molecule has 0 bridgehead atoms. The first-order valence-electron chi connectivity index (χ1n) is 8.10. The lowest BCUT2D eigenvalue weighted by molar-refractivity contribution is -0.147. The monoisotopic (exact) mass is 433 g/mol. The van der Waals surface area contributed by atoms with Crippen molar-refractivity contribution in [2.75, 3.05) is 0 Å². The third-order valence-corrected chi connectivity index (χ3v) is 4.94. The maximum Gasteiger partial charge on any atom is 0.311 e. The van der Waals surface area contributed by atoms with Crippen LogP contribution in [0.2, 0.25) is 5.02 Å². The molecular weight excluding hydrogens is 418 g/mol. The van der Waals surface area contributed by atoms with Crippen molar-refractivity contribution in [1.29, 1.82) is 0 Å². The largest absolute Gasteiger partial charge is 0.457 e. The van der Waals surface area contributed by atoms with E-state index in [0.717, 1.165) is 21.2 Å². The second kappa shape index (κ2) is 8.06. The van der Waals surface area contributed by atoms with E-state index >= 15 is 0 Å². The minimum Gasteiger partial charge on any atom is -0.457 e. The highest BCUT2D eigenvalue weighted by molar-refractivity contribution is 9.10. The van der Waals surface area contributed by atoms with E-state index < -0.39 is 6.10 Å². The first-order valence-corrected chi connectivity index (χ1v) is 9.28. The summed E-state index contributed by atoms with van der Waals surface area (Å²) >= 11 is 9.57. The second-order valence-electron chi connectivity index (χ2n) is 5.91. The fraction of sp³-hybridized carbons (Fsp3) is 0.200. The van der Waals surface area contributed by atoms with Gasteiger partial charge < -0.3 is 9.26 Å². The first kappa shape index (κ1) is 18.7. The van der Waals surface area contributed by atoms with Gasteiger partial charge in [0.1, 0.15) is 6.10 Å². The van der Waals surface area contributed by atoms with Crippen molar-refractivity contribution >= 4 is 33.5 Å². The van der Waals surface area contributed by atoms with Crippen LogP contribution in [0.1, 0.15) is 29.8 Å². The average Bonchev–Trinajstić information content (AvgIpc) is 2.96. The second-order valence-corrected chi connectivity index (χ2v) is 7.24. The molecule has 0 fully saturated rings. The highest BCUT2D eigenvalue weighted by Gasteiger charge is 2.21. The molecule has 0 unspecified atom stereocenters. The summed E-state index contributed by atoms with van der Waals surface area (Å²) in [4.78, 5) is 12.5. The van der Waals surface area contributed by atoms with Gasteiger partial charge in [-0.05, 0) is 32.0 Å². The fourth-order valence-electron chi connectivity index (χ4n) is 2.68. The summed E-state index contributed by atoms with van der Waals surface area (Å²) in [5, 5.41) is 4.58. The standard InChI is InChI=1S/C20H17BrClNO3/c1-12-17(20(26-23-12)14-7-9-15(21)10-8-14)11-19(24)25-13(2)16-5-3-4-6-18(16)22/h3-10,13H,11H2,1-2H3/t13-/m0/s1. The number of rotatable bonds is 5. The third-order valence-electron chi connectivity index (χ3n) is 4.06. The lowest BCUT2D eigenvalue weighted by Crippen LogP contribution is -2.12. The number of aromatic nitrogens is 1. The lowest BCUT2D eigenvalue weighted by atomic mass is 10.0. The Morgan fingerprint density at radius 1 is 1.23 bits per heavy atom. The van der Waals surface area contributed by atoms with Gasteiger partial charge in [0, 0.05) is 26.2 Å². The Morgan fingerprint density at radius 3 is 2.62 bits per heavy atom. The maximum absolute atomic E-state index is 12.5. The van der Waals surface area contributed by atoms with Crippen LogP contribution in [0.5, 0.6) is 0 Å². The van der Waals surface area contributed by atoms with E-state index in [9.17, 15) is 4.79 Å². The maximum atomic E-state index is 12.5. The van der Waals surface area contributed by atoms with Crippen molar-refractivity contribution < 1.29 is 14.1 Å². The van der Waals surface area contributed by atoms with Crippen LogP contribution in [0.3, 0.4) is 0 Å². The Hall–Kier alpha value is -2.11. The molecule has 134 valence electrons. The fourth-order valence-corrected chi connectivity index (χ4v) is 3.23. The molecule has 3 rings (SSSR count). The zero-order valence-electron chi connectivity index (χ0n) is 14.3. The predicted molar refractivity (Wildman–Crippen MR) is 104 cm³/mol. The topological polar surface area (TPSA) is 52.3 Å². The van der Waals surface area contributed by atoms with Gasteiger partial charge in [-0.2, -0.15) is 0 Å². The number of nitrogens with zero attached hydrogens (tertiary/aromatic N) is 1. The van der Waals surface area contributed by atoms with E-state index in [-0.39, 0.29) is 12.4 Å². The van der Waals surface area contributed by atoms with Crippen LogP contribution in [0, 0.1) is 6.92 Å². The summed E-state index contributed by atoms with van der Waals surface area (Å²) in [6.07, 6.45) is -0.359. The smallest absolute Gasteiger partial charge is 0.311 e. The van der Waals surface area contributed by atoms with Gasteiger partial charge >= 0.3 is 5.97 Å². The average molecular weight is 435 g/mol. The van der Waals surface area contributed by atoms with Crippen molar-refractivity contribution in [2.24, 2.45) is 0 Å². The van der Waals surface area contributed by atoms with E-state index in [0.29, 0.717) is 16.5 Å². The number of esters is 1. The molecule has 26 heavy (non-hydrogen) atoms. The molecule has 1 aromatic heterocycles. The zero-order valence-corrected chi connectivity index (χ0v) is 16.7. The van der Waals surface area contributed by atoms with Gasteiger partial charge in [0.15, 0.2) is 5.76 Å². The Bertz CT molecular complexity index is 921. The van der Waals surface area contributed by atoms with Gasteiger partial charge in [0.2, 0.25) is 0 Å². The van der Waals surface area contributed by atoms with E-state index in [2.05, 4.69) is 21.1 Å². The number of carbonyl (C=O) groups excluding carboxylic acids is 1. The number of ether oxygens (including phenoxy) is 1. The van der Waals surface area contributed by atoms with Crippen LogP contribution in [0.4, 0.5) is 0 Å². The number of halogens is 2. The number of benzene rings is 2. The molecule has 0 amide bonds. The summed E-state index contributed by atoms with van der Waals surface area (Å²) < 4.78 is 12.0.